The van der Waals surface area contributed by atoms with Crippen LogP contribution in [0.15, 0.2) is 4.52 Å². The standard InChI is InChI=1S/C15H25N3O4S/c1-11(2)8-13-17-15(22-18-13)10-23(20,21)9-14(19)16-12-6-4-3-5-7-12/h11-12H,3-10H2,1-2H3,(H,16,19). The van der Waals surface area contributed by atoms with Gasteiger partial charge in [-0.3, -0.25) is 4.79 Å². The molecule has 1 aromatic rings. The zero-order valence-corrected chi connectivity index (χ0v) is 14.6. The molecule has 23 heavy (non-hydrogen) atoms. The maximum Gasteiger partial charge on any atom is 0.241 e. The molecule has 1 aliphatic carbocycles. The van der Waals surface area contributed by atoms with Crippen LogP contribution in [0.25, 0.3) is 0 Å². The first-order chi connectivity index (χ1) is 10.8. The second-order valence-electron chi connectivity index (χ2n) is 6.64. The monoisotopic (exact) mass is 343 g/mol. The van der Waals surface area contributed by atoms with Crippen LogP contribution in [0.3, 0.4) is 0 Å². The summed E-state index contributed by atoms with van der Waals surface area (Å²) in [6.45, 7) is 4.03. The van der Waals surface area contributed by atoms with Gasteiger partial charge in [-0.25, -0.2) is 8.42 Å². The summed E-state index contributed by atoms with van der Waals surface area (Å²) in [5, 5.41) is 6.57. The van der Waals surface area contributed by atoms with E-state index in [1.54, 1.807) is 0 Å². The fourth-order valence-electron chi connectivity index (χ4n) is 2.75. The van der Waals surface area contributed by atoms with Crippen LogP contribution in [0, 0.1) is 5.92 Å². The molecule has 1 heterocycles. The van der Waals surface area contributed by atoms with Gasteiger partial charge in [0.2, 0.25) is 11.8 Å². The molecule has 0 atom stereocenters. The number of amides is 1. The van der Waals surface area contributed by atoms with Gasteiger partial charge < -0.3 is 9.84 Å². The maximum atomic E-state index is 12.1. The molecule has 8 heteroatoms. The van der Waals surface area contributed by atoms with E-state index in [4.69, 9.17) is 4.52 Å². The molecule has 1 fully saturated rings. The second kappa shape index (κ2) is 7.90. The molecule has 130 valence electrons. The lowest BCUT2D eigenvalue weighted by molar-refractivity contribution is -0.119. The Balaban J connectivity index is 1.85. The topological polar surface area (TPSA) is 102 Å². The van der Waals surface area contributed by atoms with Gasteiger partial charge in [0.15, 0.2) is 15.7 Å². The largest absolute Gasteiger partial charge is 0.352 e. The summed E-state index contributed by atoms with van der Waals surface area (Å²) in [6.07, 6.45) is 5.82. The minimum Gasteiger partial charge on any atom is -0.352 e. The van der Waals surface area contributed by atoms with E-state index in [-0.39, 0.29) is 11.9 Å². The molecule has 1 N–H and O–H groups in total. The number of hydrogen-bond acceptors (Lipinski definition) is 6. The van der Waals surface area contributed by atoms with E-state index < -0.39 is 27.3 Å². The summed E-state index contributed by atoms with van der Waals surface area (Å²) in [4.78, 5) is 16.0. The molecule has 2 rings (SSSR count). The van der Waals surface area contributed by atoms with E-state index in [1.165, 1.54) is 6.42 Å². The Morgan fingerprint density at radius 1 is 1.30 bits per heavy atom. The number of carbonyl (C=O) groups excluding carboxylic acids is 1. The van der Waals surface area contributed by atoms with Crippen molar-refractivity contribution in [3.8, 4) is 0 Å². The third-order valence-electron chi connectivity index (χ3n) is 3.77. The van der Waals surface area contributed by atoms with Crippen LogP contribution < -0.4 is 5.32 Å². The lowest BCUT2D eigenvalue weighted by Gasteiger charge is -2.22. The SMILES string of the molecule is CC(C)Cc1noc(CS(=O)(=O)CC(=O)NC2CCCCC2)n1. The highest BCUT2D eigenvalue weighted by molar-refractivity contribution is 7.91. The van der Waals surface area contributed by atoms with Crippen LogP contribution in [0.2, 0.25) is 0 Å². The Labute approximate surface area is 137 Å². The van der Waals surface area contributed by atoms with Gasteiger partial charge in [-0.2, -0.15) is 4.98 Å². The number of rotatable bonds is 7. The van der Waals surface area contributed by atoms with Crippen molar-refractivity contribution in [3.05, 3.63) is 11.7 Å². The minimum absolute atomic E-state index is 0.0473. The summed E-state index contributed by atoms with van der Waals surface area (Å²) in [6, 6.07) is 0.104. The highest BCUT2D eigenvalue weighted by atomic mass is 32.2. The molecule has 1 aliphatic rings. The van der Waals surface area contributed by atoms with Crippen molar-refractivity contribution in [3.63, 3.8) is 0 Å². The first-order valence-electron chi connectivity index (χ1n) is 8.15. The molecule has 0 unspecified atom stereocenters. The van der Waals surface area contributed by atoms with E-state index in [2.05, 4.69) is 15.5 Å². The predicted molar refractivity (Wildman–Crippen MR) is 85.3 cm³/mol. The summed E-state index contributed by atoms with van der Waals surface area (Å²) >= 11 is 0. The smallest absolute Gasteiger partial charge is 0.241 e. The van der Waals surface area contributed by atoms with Crippen molar-refractivity contribution < 1.29 is 17.7 Å². The highest BCUT2D eigenvalue weighted by Gasteiger charge is 2.23. The van der Waals surface area contributed by atoms with Gasteiger partial charge in [-0.05, 0) is 18.8 Å². The van der Waals surface area contributed by atoms with Crippen LogP contribution in [-0.4, -0.2) is 36.3 Å². The third-order valence-corrected chi connectivity index (χ3v) is 5.15. The Morgan fingerprint density at radius 2 is 2.00 bits per heavy atom. The number of nitrogens with one attached hydrogen (secondary N) is 1. The summed E-state index contributed by atoms with van der Waals surface area (Å²) < 4.78 is 29.2. The average Bonchev–Trinajstić information content (AvgIpc) is 2.84. The van der Waals surface area contributed by atoms with Crippen LogP contribution in [0.1, 0.15) is 57.7 Å². The number of aromatic nitrogens is 2. The molecule has 0 aromatic carbocycles. The van der Waals surface area contributed by atoms with Crippen molar-refractivity contribution in [1.82, 2.24) is 15.5 Å². The Hall–Kier alpha value is -1.44. The quantitative estimate of drug-likeness (QED) is 0.807. The fraction of sp³-hybridized carbons (Fsp3) is 0.800. The average molecular weight is 343 g/mol. The molecule has 1 amide bonds. The van der Waals surface area contributed by atoms with Crippen LogP contribution in [0.5, 0.6) is 0 Å². The Kier molecular flexibility index (Phi) is 6.15. The molecule has 1 saturated carbocycles. The van der Waals surface area contributed by atoms with E-state index in [0.29, 0.717) is 18.2 Å². The van der Waals surface area contributed by atoms with Crippen molar-refractivity contribution in [2.24, 2.45) is 5.92 Å². The van der Waals surface area contributed by atoms with Gasteiger partial charge in [0.05, 0.1) is 0 Å². The summed E-state index contributed by atoms with van der Waals surface area (Å²) in [5.41, 5.74) is 0. The Bertz CT molecular complexity index is 618. The molecule has 0 aliphatic heterocycles. The molecular formula is C15H25N3O4S. The summed E-state index contributed by atoms with van der Waals surface area (Å²) in [5.74, 6) is -0.471. The van der Waals surface area contributed by atoms with E-state index in [1.807, 2.05) is 13.8 Å². The van der Waals surface area contributed by atoms with Gasteiger partial charge in [0.1, 0.15) is 11.5 Å². The van der Waals surface area contributed by atoms with Gasteiger partial charge in [-0.1, -0.05) is 38.3 Å². The zero-order chi connectivity index (χ0) is 16.9. The highest BCUT2D eigenvalue weighted by Crippen LogP contribution is 2.17. The first-order valence-corrected chi connectivity index (χ1v) is 9.97. The Morgan fingerprint density at radius 3 is 2.65 bits per heavy atom. The number of sulfone groups is 1. The lowest BCUT2D eigenvalue weighted by Crippen LogP contribution is -2.39. The van der Waals surface area contributed by atoms with Crippen LogP contribution in [-0.2, 0) is 26.8 Å². The maximum absolute atomic E-state index is 12.1. The van der Waals surface area contributed by atoms with E-state index in [9.17, 15) is 13.2 Å². The zero-order valence-electron chi connectivity index (χ0n) is 13.7. The molecule has 0 radical (unpaired) electrons. The van der Waals surface area contributed by atoms with Crippen LogP contribution in [0.4, 0.5) is 0 Å². The van der Waals surface area contributed by atoms with Crippen molar-refractivity contribution >= 4 is 15.7 Å². The molecule has 1 aromatic heterocycles. The molecule has 0 bridgehead atoms. The lowest BCUT2D eigenvalue weighted by atomic mass is 9.95. The van der Waals surface area contributed by atoms with Gasteiger partial charge in [0, 0.05) is 12.5 Å². The van der Waals surface area contributed by atoms with Crippen molar-refractivity contribution in [1.29, 1.82) is 0 Å². The number of nitrogens with zero attached hydrogens (tertiary/aromatic N) is 2. The molecule has 0 spiro atoms. The number of carbonyl (C=O) groups is 1. The second-order valence-corrected chi connectivity index (χ2v) is 8.70. The molecular weight excluding hydrogens is 318 g/mol. The summed E-state index contributed by atoms with van der Waals surface area (Å²) in [7, 11) is -3.61. The van der Waals surface area contributed by atoms with E-state index >= 15 is 0 Å². The normalized spacial score (nSPS) is 16.7. The van der Waals surface area contributed by atoms with Gasteiger partial charge in [0.25, 0.3) is 0 Å². The van der Waals surface area contributed by atoms with E-state index in [0.717, 1.165) is 25.7 Å². The fourth-order valence-corrected chi connectivity index (χ4v) is 3.83. The third kappa shape index (κ3) is 6.29. The first kappa shape index (κ1) is 17.9. The van der Waals surface area contributed by atoms with Gasteiger partial charge in [-0.15, -0.1) is 0 Å². The molecule has 0 saturated heterocycles. The number of hydrogen-bond donors (Lipinski definition) is 1. The van der Waals surface area contributed by atoms with Gasteiger partial charge >= 0.3 is 0 Å². The van der Waals surface area contributed by atoms with Crippen LogP contribution >= 0.6 is 0 Å². The van der Waals surface area contributed by atoms with Crippen molar-refractivity contribution in [2.75, 3.05) is 5.75 Å². The minimum atomic E-state index is -3.61. The molecule has 7 nitrogen and oxygen atoms in total. The predicted octanol–water partition coefficient (Wildman–Crippen LogP) is 1.63. The van der Waals surface area contributed by atoms with Crippen molar-refractivity contribution in [2.45, 2.75) is 64.2 Å².